The predicted octanol–water partition coefficient (Wildman–Crippen LogP) is 3.79. The molecule has 6 heteroatoms. The second kappa shape index (κ2) is 8.74. The highest BCUT2D eigenvalue weighted by molar-refractivity contribution is 7.20. The zero-order valence-corrected chi connectivity index (χ0v) is 15.8. The zero-order chi connectivity index (χ0) is 16.8. The Morgan fingerprint density at radius 3 is 2.92 bits per heavy atom. The number of aromatic nitrogens is 1. The van der Waals surface area contributed by atoms with E-state index >= 15 is 0 Å². The maximum atomic E-state index is 12.1. The van der Waals surface area contributed by atoms with E-state index in [1.165, 1.54) is 37.0 Å². The van der Waals surface area contributed by atoms with Gasteiger partial charge >= 0.3 is 0 Å². The van der Waals surface area contributed by atoms with Crippen molar-refractivity contribution in [1.29, 1.82) is 0 Å². The highest BCUT2D eigenvalue weighted by Gasteiger charge is 2.17. The average Bonchev–Trinajstić information content (AvgIpc) is 3.27. The van der Waals surface area contributed by atoms with E-state index in [1.807, 2.05) is 16.8 Å². The number of rotatable bonds is 7. The fourth-order valence-electron chi connectivity index (χ4n) is 3.20. The molecule has 2 aromatic rings. The molecule has 0 aromatic carbocycles. The molecule has 0 spiro atoms. The summed E-state index contributed by atoms with van der Waals surface area (Å²) in [6.45, 7) is 1.64. The van der Waals surface area contributed by atoms with Crippen LogP contribution < -0.4 is 5.32 Å². The number of carbonyl (C=O) groups is 1. The van der Waals surface area contributed by atoms with Crippen molar-refractivity contribution in [3.8, 4) is 9.88 Å². The van der Waals surface area contributed by atoms with Crippen LogP contribution in [-0.4, -0.2) is 42.0 Å². The first-order chi connectivity index (χ1) is 11.7. The fourth-order valence-corrected chi connectivity index (χ4v) is 4.84. The Morgan fingerprint density at radius 2 is 2.17 bits per heavy atom. The van der Waals surface area contributed by atoms with Gasteiger partial charge in [0.1, 0.15) is 5.01 Å². The van der Waals surface area contributed by atoms with E-state index in [9.17, 15) is 4.79 Å². The smallest absolute Gasteiger partial charge is 0.226 e. The van der Waals surface area contributed by atoms with Gasteiger partial charge in [-0.1, -0.05) is 25.3 Å². The molecule has 0 unspecified atom stereocenters. The van der Waals surface area contributed by atoms with Crippen LogP contribution in [0.5, 0.6) is 0 Å². The van der Waals surface area contributed by atoms with Crippen LogP contribution in [0, 0.1) is 0 Å². The molecule has 1 N–H and O–H groups in total. The third-order valence-electron chi connectivity index (χ3n) is 4.61. The summed E-state index contributed by atoms with van der Waals surface area (Å²) in [4.78, 5) is 20.2. The molecular weight excluding hydrogens is 338 g/mol. The summed E-state index contributed by atoms with van der Waals surface area (Å²) in [6.07, 6.45) is 7.04. The van der Waals surface area contributed by atoms with Crippen molar-refractivity contribution in [2.24, 2.45) is 0 Å². The van der Waals surface area contributed by atoms with Crippen LogP contribution in [0.25, 0.3) is 9.88 Å². The van der Waals surface area contributed by atoms with Crippen LogP contribution in [0.2, 0.25) is 0 Å². The third kappa shape index (κ3) is 4.88. The van der Waals surface area contributed by atoms with Gasteiger partial charge in [-0.2, -0.15) is 0 Å². The molecule has 1 amide bonds. The van der Waals surface area contributed by atoms with Gasteiger partial charge in [-0.3, -0.25) is 4.79 Å². The summed E-state index contributed by atoms with van der Waals surface area (Å²) in [5, 5.41) is 8.07. The SMILES string of the molecule is CN(CCNC(=O)Cc1csc(-c2cccs2)n1)C1CCCCC1. The number of nitrogens with one attached hydrogen (secondary N) is 1. The third-order valence-corrected chi connectivity index (χ3v) is 6.54. The topological polar surface area (TPSA) is 45.2 Å². The molecule has 2 heterocycles. The van der Waals surface area contributed by atoms with Gasteiger partial charge in [0.05, 0.1) is 17.0 Å². The predicted molar refractivity (Wildman–Crippen MR) is 102 cm³/mol. The van der Waals surface area contributed by atoms with E-state index in [1.54, 1.807) is 22.7 Å². The fraction of sp³-hybridized carbons (Fsp3) is 0.556. The first-order valence-corrected chi connectivity index (χ1v) is 10.4. The van der Waals surface area contributed by atoms with E-state index in [-0.39, 0.29) is 5.91 Å². The lowest BCUT2D eigenvalue weighted by atomic mass is 9.94. The number of thiazole rings is 1. The normalized spacial score (nSPS) is 15.8. The van der Waals surface area contributed by atoms with Crippen LogP contribution in [-0.2, 0) is 11.2 Å². The van der Waals surface area contributed by atoms with Crippen molar-refractivity contribution in [3.05, 3.63) is 28.6 Å². The second-order valence-corrected chi connectivity index (χ2v) is 8.23. The van der Waals surface area contributed by atoms with Crippen molar-refractivity contribution >= 4 is 28.6 Å². The van der Waals surface area contributed by atoms with E-state index in [4.69, 9.17) is 0 Å². The number of nitrogens with zero attached hydrogens (tertiary/aromatic N) is 2. The highest BCUT2D eigenvalue weighted by Crippen LogP contribution is 2.27. The highest BCUT2D eigenvalue weighted by atomic mass is 32.1. The molecule has 0 radical (unpaired) electrons. The molecule has 0 aliphatic heterocycles. The van der Waals surface area contributed by atoms with Crippen LogP contribution in [0.1, 0.15) is 37.8 Å². The van der Waals surface area contributed by atoms with Gasteiger partial charge in [0.15, 0.2) is 0 Å². The quantitative estimate of drug-likeness (QED) is 0.814. The Kier molecular flexibility index (Phi) is 6.40. The van der Waals surface area contributed by atoms with Crippen LogP contribution in [0.4, 0.5) is 0 Å². The summed E-state index contributed by atoms with van der Waals surface area (Å²) in [7, 11) is 2.18. The van der Waals surface area contributed by atoms with Crippen LogP contribution in [0.15, 0.2) is 22.9 Å². The summed E-state index contributed by atoms with van der Waals surface area (Å²) >= 11 is 3.29. The number of amides is 1. The van der Waals surface area contributed by atoms with E-state index < -0.39 is 0 Å². The monoisotopic (exact) mass is 363 g/mol. The minimum Gasteiger partial charge on any atom is -0.354 e. The van der Waals surface area contributed by atoms with E-state index in [0.29, 0.717) is 19.0 Å². The first kappa shape index (κ1) is 17.6. The van der Waals surface area contributed by atoms with Crippen molar-refractivity contribution in [2.75, 3.05) is 20.1 Å². The number of thiophene rings is 1. The molecule has 4 nitrogen and oxygen atoms in total. The van der Waals surface area contributed by atoms with Gasteiger partial charge in [-0.05, 0) is 31.3 Å². The second-order valence-electron chi connectivity index (χ2n) is 6.42. The molecule has 1 saturated carbocycles. The van der Waals surface area contributed by atoms with Gasteiger partial charge in [0, 0.05) is 24.5 Å². The van der Waals surface area contributed by atoms with Crippen molar-refractivity contribution in [3.63, 3.8) is 0 Å². The van der Waals surface area contributed by atoms with Gasteiger partial charge in [0.25, 0.3) is 0 Å². The largest absolute Gasteiger partial charge is 0.354 e. The molecule has 130 valence electrons. The molecule has 0 bridgehead atoms. The van der Waals surface area contributed by atoms with Gasteiger partial charge in [-0.25, -0.2) is 4.98 Å². The summed E-state index contributed by atoms with van der Waals surface area (Å²) < 4.78 is 0. The van der Waals surface area contributed by atoms with Crippen molar-refractivity contribution in [1.82, 2.24) is 15.2 Å². The molecular formula is C18H25N3OS2. The minimum absolute atomic E-state index is 0.0649. The van der Waals surface area contributed by atoms with Crippen molar-refractivity contribution < 1.29 is 4.79 Å². The molecule has 2 aromatic heterocycles. The maximum Gasteiger partial charge on any atom is 0.226 e. The molecule has 24 heavy (non-hydrogen) atoms. The number of likely N-dealkylation sites (N-methyl/N-ethyl adjacent to an activating group) is 1. The molecule has 0 atom stereocenters. The Balaban J connectivity index is 1.39. The lowest BCUT2D eigenvalue weighted by molar-refractivity contribution is -0.120. The minimum atomic E-state index is 0.0649. The standard InChI is InChI=1S/C18H25N3OS2/c1-21(15-6-3-2-4-7-15)10-9-19-17(22)12-14-13-24-18(20-14)16-8-5-11-23-16/h5,8,11,13,15H,2-4,6-7,9-10,12H2,1H3,(H,19,22). The lowest BCUT2D eigenvalue weighted by Crippen LogP contribution is -2.39. The van der Waals surface area contributed by atoms with Gasteiger partial charge in [-0.15, -0.1) is 22.7 Å². The van der Waals surface area contributed by atoms with Crippen molar-refractivity contribution in [2.45, 2.75) is 44.6 Å². The Hall–Kier alpha value is -1.24. The maximum absolute atomic E-state index is 12.1. The zero-order valence-electron chi connectivity index (χ0n) is 14.2. The number of hydrogen-bond donors (Lipinski definition) is 1. The Bertz CT molecular complexity index is 632. The average molecular weight is 364 g/mol. The Labute approximate surface area is 151 Å². The molecule has 1 aliphatic rings. The molecule has 1 fully saturated rings. The lowest BCUT2D eigenvalue weighted by Gasteiger charge is -2.31. The summed E-state index contributed by atoms with van der Waals surface area (Å²) in [5.41, 5.74) is 0.863. The molecule has 3 rings (SSSR count). The number of hydrogen-bond acceptors (Lipinski definition) is 5. The van der Waals surface area contributed by atoms with Gasteiger partial charge < -0.3 is 10.2 Å². The first-order valence-electron chi connectivity index (χ1n) is 8.67. The summed E-state index contributed by atoms with van der Waals surface area (Å²) in [5.74, 6) is 0.0649. The van der Waals surface area contributed by atoms with E-state index in [2.05, 4.69) is 28.3 Å². The molecule has 0 saturated heterocycles. The Morgan fingerprint density at radius 1 is 1.33 bits per heavy atom. The molecule has 1 aliphatic carbocycles. The van der Waals surface area contributed by atoms with Crippen LogP contribution >= 0.6 is 22.7 Å². The van der Waals surface area contributed by atoms with Crippen LogP contribution in [0.3, 0.4) is 0 Å². The van der Waals surface area contributed by atoms with Gasteiger partial charge in [0.2, 0.25) is 5.91 Å². The van der Waals surface area contributed by atoms with E-state index in [0.717, 1.165) is 17.2 Å². The number of carbonyl (C=O) groups excluding carboxylic acids is 1. The summed E-state index contributed by atoms with van der Waals surface area (Å²) in [6, 6.07) is 4.79.